The molecule has 0 fully saturated rings. The molecule has 4 aromatic rings. The quantitative estimate of drug-likeness (QED) is 0.0701. The molecule has 18 heteroatoms. The van der Waals surface area contributed by atoms with Crippen molar-refractivity contribution in [2.45, 2.75) is 39.6 Å². The molecule has 18 nitrogen and oxygen atoms in total. The van der Waals surface area contributed by atoms with Gasteiger partial charge in [0.25, 0.3) is 11.1 Å². The van der Waals surface area contributed by atoms with Gasteiger partial charge in [-0.2, -0.15) is 9.97 Å². The summed E-state index contributed by atoms with van der Waals surface area (Å²) in [6, 6.07) is -0.647. The fourth-order valence-electron chi connectivity index (χ4n) is 3.49. The Bertz CT molecular complexity index is 1560. The number of nitrogens with zero attached hydrogens (tertiary/aromatic N) is 6. The SMILES string of the molecule is CC(C)[C@H](N)C(=O)OCCOCn1cnc2c(=O)[nH]c(N)nc21.Nc1nc2c(ncn2CCC(CO)CO)c(=O)[nH]1. The largest absolute Gasteiger partial charge is 0.462 e. The first-order valence-electron chi connectivity index (χ1n) is 12.7. The fraction of sp³-hybridized carbons (Fsp3) is 0.522. The Morgan fingerprint density at radius 2 is 1.49 bits per heavy atom. The molecule has 4 heterocycles. The van der Waals surface area contributed by atoms with Crippen LogP contribution in [0.2, 0.25) is 0 Å². The molecule has 41 heavy (non-hydrogen) atoms. The molecule has 0 spiro atoms. The van der Waals surface area contributed by atoms with E-state index in [-0.39, 0.29) is 73.5 Å². The number of anilines is 2. The molecule has 0 radical (unpaired) electrons. The molecule has 4 aromatic heterocycles. The molecule has 4 rings (SSSR count). The van der Waals surface area contributed by atoms with Gasteiger partial charge in [-0.1, -0.05) is 13.8 Å². The summed E-state index contributed by atoms with van der Waals surface area (Å²) >= 11 is 0. The number of fused-ring (bicyclic) bond motifs is 2. The molecule has 224 valence electrons. The van der Waals surface area contributed by atoms with E-state index in [1.54, 1.807) is 4.57 Å². The summed E-state index contributed by atoms with van der Waals surface area (Å²) in [5.74, 6) is -0.606. The van der Waals surface area contributed by atoms with Gasteiger partial charge in [0.15, 0.2) is 22.3 Å². The second kappa shape index (κ2) is 14.3. The van der Waals surface area contributed by atoms with E-state index in [4.69, 9.17) is 36.9 Å². The molecule has 0 aliphatic rings. The molecule has 0 amide bonds. The Balaban J connectivity index is 0.000000232. The Labute approximate surface area is 232 Å². The van der Waals surface area contributed by atoms with E-state index >= 15 is 0 Å². The lowest BCUT2D eigenvalue weighted by atomic mass is 10.1. The van der Waals surface area contributed by atoms with E-state index in [9.17, 15) is 14.4 Å². The van der Waals surface area contributed by atoms with E-state index in [0.717, 1.165) is 0 Å². The molecule has 10 N–H and O–H groups in total. The van der Waals surface area contributed by atoms with Crippen LogP contribution in [-0.2, 0) is 27.5 Å². The molecule has 0 aliphatic heterocycles. The number of esters is 1. The number of nitrogens with one attached hydrogen (secondary N) is 2. The first-order chi connectivity index (χ1) is 19.5. The average Bonchev–Trinajstić information content (AvgIpc) is 3.53. The molecule has 0 saturated carbocycles. The summed E-state index contributed by atoms with van der Waals surface area (Å²) in [6.45, 7) is 4.37. The summed E-state index contributed by atoms with van der Waals surface area (Å²) in [6.07, 6.45) is 3.48. The number of aliphatic hydroxyl groups excluding tert-OH is 2. The number of aliphatic hydroxyl groups is 2. The first-order valence-corrected chi connectivity index (χ1v) is 12.7. The number of nitrogen functional groups attached to an aromatic ring is 2. The third-order valence-corrected chi connectivity index (χ3v) is 5.97. The van der Waals surface area contributed by atoms with Crippen molar-refractivity contribution >= 4 is 40.2 Å². The monoisotopic (exact) mass is 577 g/mol. The van der Waals surface area contributed by atoms with Gasteiger partial charge in [-0.15, -0.1) is 0 Å². The summed E-state index contributed by atoms with van der Waals surface area (Å²) < 4.78 is 13.6. The molecule has 0 bridgehead atoms. The maximum atomic E-state index is 11.6. The predicted octanol–water partition coefficient (Wildman–Crippen LogP) is -2.10. The van der Waals surface area contributed by atoms with Gasteiger partial charge in [-0.05, 0) is 12.3 Å². The van der Waals surface area contributed by atoms with Crippen LogP contribution in [-0.4, -0.2) is 87.7 Å². The van der Waals surface area contributed by atoms with Crippen LogP contribution < -0.4 is 28.3 Å². The molecule has 0 aromatic carbocycles. The van der Waals surface area contributed by atoms with Crippen molar-refractivity contribution in [3.63, 3.8) is 0 Å². The number of imidazole rings is 2. The van der Waals surface area contributed by atoms with E-state index in [2.05, 4.69) is 29.9 Å². The standard InChI is InChI=1S/C13H20N6O4.C10H15N5O3/c1-7(2)8(14)12(21)23-4-3-22-6-19-5-16-9-10(19)17-13(15)18-11(9)20;11-10-13-8-7(9(18)14-10)12-5-15(8)2-1-6(3-16)4-17/h5,7-8H,3-4,6,14H2,1-2H3,(H3,15,17,18,20);5-6,16-17H,1-4H2,(H3,11,13,14,18)/t8-;/m0./s1. The van der Waals surface area contributed by atoms with Crippen molar-refractivity contribution in [2.75, 3.05) is 37.9 Å². The van der Waals surface area contributed by atoms with Gasteiger partial charge in [-0.3, -0.25) is 28.9 Å². The Kier molecular flexibility index (Phi) is 10.9. The highest BCUT2D eigenvalue weighted by Gasteiger charge is 2.18. The van der Waals surface area contributed by atoms with Crippen molar-refractivity contribution < 1.29 is 24.5 Å². The maximum absolute atomic E-state index is 11.6. The lowest BCUT2D eigenvalue weighted by Crippen LogP contribution is -2.37. The number of carbonyl (C=O) groups is 1. The van der Waals surface area contributed by atoms with E-state index in [1.807, 2.05) is 13.8 Å². The van der Waals surface area contributed by atoms with Crippen molar-refractivity contribution in [1.82, 2.24) is 39.0 Å². The van der Waals surface area contributed by atoms with Gasteiger partial charge < -0.3 is 41.5 Å². The second-order valence-corrected chi connectivity index (χ2v) is 9.39. The van der Waals surface area contributed by atoms with Gasteiger partial charge in [0.2, 0.25) is 11.9 Å². The van der Waals surface area contributed by atoms with Gasteiger partial charge in [0.05, 0.1) is 19.3 Å². The van der Waals surface area contributed by atoms with Crippen LogP contribution in [0.15, 0.2) is 22.2 Å². The normalized spacial score (nSPS) is 12.2. The molecule has 0 unspecified atom stereocenters. The zero-order valence-corrected chi connectivity index (χ0v) is 22.7. The van der Waals surface area contributed by atoms with E-state index in [1.165, 1.54) is 17.2 Å². The van der Waals surface area contributed by atoms with Crippen LogP contribution >= 0.6 is 0 Å². The smallest absolute Gasteiger partial charge is 0.323 e. The number of aryl methyl sites for hydroxylation is 1. The van der Waals surface area contributed by atoms with Crippen molar-refractivity contribution in [1.29, 1.82) is 0 Å². The Hall–Kier alpha value is -4.39. The first kappa shape index (κ1) is 31.1. The number of hydrogen-bond acceptors (Lipinski definition) is 14. The second-order valence-electron chi connectivity index (χ2n) is 9.39. The number of aromatic nitrogens is 8. The number of ether oxygens (including phenoxy) is 2. The topological polar surface area (TPSA) is 281 Å². The number of aromatic amines is 2. The van der Waals surface area contributed by atoms with Crippen LogP contribution in [0.1, 0.15) is 20.3 Å². The van der Waals surface area contributed by atoms with Crippen LogP contribution in [0, 0.1) is 11.8 Å². The van der Waals surface area contributed by atoms with Gasteiger partial charge in [0, 0.05) is 25.7 Å². The van der Waals surface area contributed by atoms with E-state index < -0.39 is 17.6 Å². The zero-order chi connectivity index (χ0) is 30.1. The van der Waals surface area contributed by atoms with Crippen LogP contribution in [0.5, 0.6) is 0 Å². The minimum absolute atomic E-state index is 0.000790. The van der Waals surface area contributed by atoms with Crippen molar-refractivity contribution in [3.8, 4) is 0 Å². The Morgan fingerprint density at radius 3 is 2.02 bits per heavy atom. The third kappa shape index (κ3) is 8.07. The summed E-state index contributed by atoms with van der Waals surface area (Å²) in [7, 11) is 0. The molecular weight excluding hydrogens is 542 g/mol. The summed E-state index contributed by atoms with van der Waals surface area (Å²) in [4.78, 5) is 55.4. The highest BCUT2D eigenvalue weighted by atomic mass is 16.6. The van der Waals surface area contributed by atoms with Gasteiger partial charge >= 0.3 is 5.97 Å². The summed E-state index contributed by atoms with van der Waals surface area (Å²) in [5, 5.41) is 18.0. The lowest BCUT2D eigenvalue weighted by Gasteiger charge is -2.14. The van der Waals surface area contributed by atoms with Crippen LogP contribution in [0.25, 0.3) is 22.3 Å². The minimum Gasteiger partial charge on any atom is -0.462 e. The summed E-state index contributed by atoms with van der Waals surface area (Å²) in [5.41, 5.74) is 17.0. The lowest BCUT2D eigenvalue weighted by molar-refractivity contribution is -0.148. The Morgan fingerprint density at radius 1 is 0.951 bits per heavy atom. The maximum Gasteiger partial charge on any atom is 0.323 e. The highest BCUT2D eigenvalue weighted by Crippen LogP contribution is 2.10. The van der Waals surface area contributed by atoms with Gasteiger partial charge in [0.1, 0.15) is 19.4 Å². The minimum atomic E-state index is -0.647. The van der Waals surface area contributed by atoms with Crippen LogP contribution in [0.3, 0.4) is 0 Å². The fourth-order valence-corrected chi connectivity index (χ4v) is 3.49. The van der Waals surface area contributed by atoms with E-state index in [0.29, 0.717) is 24.3 Å². The molecule has 0 aliphatic carbocycles. The predicted molar refractivity (Wildman–Crippen MR) is 147 cm³/mol. The van der Waals surface area contributed by atoms with Gasteiger partial charge in [-0.25, -0.2) is 9.97 Å². The number of nitrogens with two attached hydrogens (primary N) is 3. The molecule has 1 atom stereocenters. The molecular formula is C23H35N11O7. The third-order valence-electron chi connectivity index (χ3n) is 5.97. The number of carbonyl (C=O) groups excluding carboxylic acids is 1. The van der Waals surface area contributed by atoms with Crippen molar-refractivity contribution in [2.24, 2.45) is 17.6 Å². The van der Waals surface area contributed by atoms with Crippen LogP contribution in [0.4, 0.5) is 11.9 Å². The zero-order valence-electron chi connectivity index (χ0n) is 22.7. The number of H-pyrrole nitrogens is 2. The highest BCUT2D eigenvalue weighted by molar-refractivity contribution is 5.75. The average molecular weight is 578 g/mol. The number of rotatable bonds is 12. The van der Waals surface area contributed by atoms with Crippen molar-refractivity contribution in [3.05, 3.63) is 33.4 Å². The number of hydrogen-bond donors (Lipinski definition) is 7. The molecule has 0 saturated heterocycles.